The third-order valence-electron chi connectivity index (χ3n) is 3.35. The van der Waals surface area contributed by atoms with Crippen LogP contribution in [0.5, 0.6) is 0 Å². The van der Waals surface area contributed by atoms with Gasteiger partial charge in [-0.25, -0.2) is 4.39 Å². The number of nitrogens with zero attached hydrogens (tertiary/aromatic N) is 1. The van der Waals surface area contributed by atoms with E-state index in [2.05, 4.69) is 39.9 Å². The third-order valence-corrected chi connectivity index (χ3v) is 3.35. The van der Waals surface area contributed by atoms with Crippen LogP contribution in [-0.4, -0.2) is 19.6 Å². The molecule has 0 aliphatic heterocycles. The summed E-state index contributed by atoms with van der Waals surface area (Å²) in [6, 6.07) is 17.0. The van der Waals surface area contributed by atoms with Gasteiger partial charge in [-0.15, -0.1) is 24.0 Å². The van der Waals surface area contributed by atoms with Crippen LogP contribution in [-0.2, 0) is 13.0 Å². The molecule has 0 atom stereocenters. The molecule has 0 spiro atoms. The van der Waals surface area contributed by atoms with Crippen LogP contribution in [0.4, 0.5) is 4.39 Å². The molecule has 0 radical (unpaired) electrons. The molecular weight excluding hydrogens is 404 g/mol. The Morgan fingerprint density at radius 3 is 2.43 bits per heavy atom. The highest BCUT2D eigenvalue weighted by Crippen LogP contribution is 2.03. The summed E-state index contributed by atoms with van der Waals surface area (Å²) in [6.07, 6.45) is 2.07. The molecule has 5 heteroatoms. The van der Waals surface area contributed by atoms with Crippen molar-refractivity contribution in [3.05, 3.63) is 71.5 Å². The smallest absolute Gasteiger partial charge is 0.191 e. The maximum absolute atomic E-state index is 13.1. The summed E-state index contributed by atoms with van der Waals surface area (Å²) < 4.78 is 13.1. The molecule has 0 aliphatic carbocycles. The van der Waals surface area contributed by atoms with Gasteiger partial charge in [-0.05, 0) is 36.1 Å². The normalized spacial score (nSPS) is 10.8. The average Bonchev–Trinajstić information content (AvgIpc) is 2.55. The van der Waals surface area contributed by atoms with Gasteiger partial charge in [-0.1, -0.05) is 42.5 Å². The number of halogens is 2. The van der Waals surface area contributed by atoms with E-state index in [-0.39, 0.29) is 29.8 Å². The van der Waals surface area contributed by atoms with Crippen LogP contribution in [0.15, 0.2) is 59.6 Å². The molecule has 23 heavy (non-hydrogen) atoms. The Bertz CT molecular complexity index is 602. The van der Waals surface area contributed by atoms with Crippen molar-refractivity contribution in [3.63, 3.8) is 0 Å². The number of nitrogens with one attached hydrogen (secondary N) is 2. The molecule has 0 unspecified atom stereocenters. The fraction of sp³-hybridized carbons (Fsp3) is 0.278. The highest BCUT2D eigenvalue weighted by Gasteiger charge is 1.99. The van der Waals surface area contributed by atoms with Crippen LogP contribution in [0.1, 0.15) is 17.5 Å². The van der Waals surface area contributed by atoms with E-state index < -0.39 is 0 Å². The van der Waals surface area contributed by atoms with Gasteiger partial charge in [-0.3, -0.25) is 4.99 Å². The van der Waals surface area contributed by atoms with Gasteiger partial charge >= 0.3 is 0 Å². The lowest BCUT2D eigenvalue weighted by Crippen LogP contribution is -2.37. The number of benzene rings is 2. The first kappa shape index (κ1) is 19.4. The second-order valence-electron chi connectivity index (χ2n) is 5.07. The Morgan fingerprint density at radius 1 is 1.00 bits per heavy atom. The molecule has 2 aromatic carbocycles. The molecular formula is C18H23FIN3. The lowest BCUT2D eigenvalue weighted by atomic mass is 10.1. The van der Waals surface area contributed by atoms with Crippen LogP contribution in [0.25, 0.3) is 0 Å². The zero-order chi connectivity index (χ0) is 15.6. The van der Waals surface area contributed by atoms with Gasteiger partial charge in [0, 0.05) is 20.1 Å². The number of hydrogen-bond donors (Lipinski definition) is 2. The first-order chi connectivity index (χ1) is 10.8. The highest BCUT2D eigenvalue weighted by molar-refractivity contribution is 14.0. The summed E-state index contributed by atoms with van der Waals surface area (Å²) in [5, 5.41) is 6.45. The maximum atomic E-state index is 13.1. The lowest BCUT2D eigenvalue weighted by Gasteiger charge is -2.12. The summed E-state index contributed by atoms with van der Waals surface area (Å²) in [5.74, 6) is 0.516. The molecule has 0 aromatic heterocycles. The van der Waals surface area contributed by atoms with Gasteiger partial charge in [0.2, 0.25) is 0 Å². The molecule has 0 aliphatic rings. The molecule has 0 saturated heterocycles. The van der Waals surface area contributed by atoms with Crippen LogP contribution >= 0.6 is 24.0 Å². The van der Waals surface area contributed by atoms with Gasteiger partial charge in [-0.2, -0.15) is 0 Å². The monoisotopic (exact) mass is 427 g/mol. The van der Waals surface area contributed by atoms with Gasteiger partial charge in [0.05, 0.1) is 0 Å². The Labute approximate surface area is 154 Å². The Morgan fingerprint density at radius 2 is 1.74 bits per heavy atom. The van der Waals surface area contributed by atoms with E-state index in [1.54, 1.807) is 13.1 Å². The molecule has 0 heterocycles. The number of hydrogen-bond acceptors (Lipinski definition) is 1. The van der Waals surface area contributed by atoms with Crippen LogP contribution in [0.3, 0.4) is 0 Å². The SMILES string of the molecule is CN=C(NCCCc1ccccc1)NCc1cccc(F)c1.I. The summed E-state index contributed by atoms with van der Waals surface area (Å²) in [5.41, 5.74) is 2.24. The average molecular weight is 427 g/mol. The summed E-state index contributed by atoms with van der Waals surface area (Å²) in [4.78, 5) is 4.17. The largest absolute Gasteiger partial charge is 0.356 e. The van der Waals surface area contributed by atoms with Gasteiger partial charge in [0.1, 0.15) is 5.82 Å². The topological polar surface area (TPSA) is 36.4 Å². The summed E-state index contributed by atoms with van der Waals surface area (Å²) >= 11 is 0. The van der Waals surface area contributed by atoms with E-state index in [4.69, 9.17) is 0 Å². The van der Waals surface area contributed by atoms with Crippen molar-refractivity contribution in [2.75, 3.05) is 13.6 Å². The number of aliphatic imine (C=N–C) groups is 1. The van der Waals surface area contributed by atoms with Gasteiger partial charge in [0.15, 0.2) is 5.96 Å². The minimum absolute atomic E-state index is 0. The van der Waals surface area contributed by atoms with E-state index in [1.807, 2.05) is 12.1 Å². The molecule has 2 rings (SSSR count). The van der Waals surface area contributed by atoms with Crippen molar-refractivity contribution in [1.29, 1.82) is 0 Å². The Hall–Kier alpha value is -1.63. The Balaban J connectivity index is 0.00000264. The molecule has 3 nitrogen and oxygen atoms in total. The molecule has 124 valence electrons. The van der Waals surface area contributed by atoms with Crippen LogP contribution in [0.2, 0.25) is 0 Å². The molecule has 2 N–H and O–H groups in total. The number of guanidine groups is 1. The van der Waals surface area contributed by atoms with Crippen molar-refractivity contribution in [1.82, 2.24) is 10.6 Å². The van der Waals surface area contributed by atoms with Crippen LogP contribution in [0, 0.1) is 5.82 Å². The van der Waals surface area contributed by atoms with Crippen molar-refractivity contribution in [2.45, 2.75) is 19.4 Å². The third kappa shape index (κ3) is 7.45. The maximum Gasteiger partial charge on any atom is 0.191 e. The van der Waals surface area contributed by atoms with E-state index in [1.165, 1.54) is 17.7 Å². The van der Waals surface area contributed by atoms with E-state index >= 15 is 0 Å². The fourth-order valence-electron chi connectivity index (χ4n) is 2.20. The predicted octanol–water partition coefficient (Wildman–Crippen LogP) is 3.74. The number of rotatable bonds is 6. The highest BCUT2D eigenvalue weighted by atomic mass is 127. The zero-order valence-corrected chi connectivity index (χ0v) is 15.6. The molecule has 0 bridgehead atoms. The van der Waals surface area contributed by atoms with Crippen molar-refractivity contribution in [3.8, 4) is 0 Å². The second kappa shape index (κ2) is 11.0. The molecule has 0 saturated carbocycles. The lowest BCUT2D eigenvalue weighted by molar-refractivity contribution is 0.624. The van der Waals surface area contributed by atoms with Crippen molar-refractivity contribution in [2.24, 2.45) is 4.99 Å². The zero-order valence-electron chi connectivity index (χ0n) is 13.3. The van der Waals surface area contributed by atoms with E-state index in [0.717, 1.165) is 30.9 Å². The van der Waals surface area contributed by atoms with Crippen LogP contribution < -0.4 is 10.6 Å². The summed E-state index contributed by atoms with van der Waals surface area (Å²) in [7, 11) is 1.73. The minimum Gasteiger partial charge on any atom is -0.356 e. The second-order valence-corrected chi connectivity index (χ2v) is 5.07. The Kier molecular flexibility index (Phi) is 9.28. The summed E-state index contributed by atoms with van der Waals surface area (Å²) in [6.45, 7) is 1.40. The first-order valence-corrected chi connectivity index (χ1v) is 7.51. The quantitative estimate of drug-likeness (QED) is 0.319. The predicted molar refractivity (Wildman–Crippen MR) is 105 cm³/mol. The first-order valence-electron chi connectivity index (χ1n) is 7.51. The van der Waals surface area contributed by atoms with E-state index in [9.17, 15) is 4.39 Å². The molecule has 0 fully saturated rings. The van der Waals surface area contributed by atoms with Gasteiger partial charge < -0.3 is 10.6 Å². The standard InChI is InChI=1S/C18H22FN3.HI/c1-20-18(22-14-16-9-5-11-17(19)13-16)21-12-6-10-15-7-3-2-4-8-15;/h2-5,7-9,11,13H,6,10,12,14H2,1H3,(H2,20,21,22);1H. The fourth-order valence-corrected chi connectivity index (χ4v) is 2.20. The van der Waals surface area contributed by atoms with Crippen molar-refractivity contribution < 1.29 is 4.39 Å². The van der Waals surface area contributed by atoms with Crippen molar-refractivity contribution >= 4 is 29.9 Å². The molecule has 2 aromatic rings. The van der Waals surface area contributed by atoms with Gasteiger partial charge in [0.25, 0.3) is 0 Å². The van der Waals surface area contributed by atoms with E-state index in [0.29, 0.717) is 6.54 Å². The molecule has 0 amide bonds. The number of aryl methyl sites for hydroxylation is 1. The minimum atomic E-state index is -0.217.